The van der Waals surface area contributed by atoms with Crippen LogP contribution in [-0.2, 0) is 6.54 Å². The van der Waals surface area contributed by atoms with Crippen molar-refractivity contribution in [3.63, 3.8) is 0 Å². The number of rotatable bonds is 2. The SMILES string of the molecule is Brc1cc2c(cc1CN1CCC3CNCC3C1)OCCO2.Cl. The Balaban J connectivity index is 0.00000144. The summed E-state index contributed by atoms with van der Waals surface area (Å²) in [6, 6.07) is 4.19. The summed E-state index contributed by atoms with van der Waals surface area (Å²) in [4.78, 5) is 2.57. The monoisotopic (exact) mass is 388 g/mol. The van der Waals surface area contributed by atoms with E-state index in [2.05, 4.69) is 32.2 Å². The van der Waals surface area contributed by atoms with Gasteiger partial charge in [-0.2, -0.15) is 0 Å². The molecule has 1 aromatic rings. The van der Waals surface area contributed by atoms with Gasteiger partial charge in [0.15, 0.2) is 11.5 Å². The Morgan fingerprint density at radius 1 is 1.14 bits per heavy atom. The summed E-state index contributed by atoms with van der Waals surface area (Å²) in [5.41, 5.74) is 1.30. The molecule has 4 nitrogen and oxygen atoms in total. The first-order valence-corrected chi connectivity index (χ1v) is 8.60. The molecule has 22 heavy (non-hydrogen) atoms. The predicted octanol–water partition coefficient (Wildman–Crippen LogP) is 2.68. The van der Waals surface area contributed by atoms with Crippen molar-refractivity contribution >= 4 is 28.3 Å². The third kappa shape index (κ3) is 3.23. The molecule has 1 N–H and O–H groups in total. The molecule has 4 rings (SSSR count). The van der Waals surface area contributed by atoms with Crippen LogP contribution in [-0.4, -0.2) is 44.3 Å². The first-order chi connectivity index (χ1) is 10.3. The molecule has 3 aliphatic heterocycles. The van der Waals surface area contributed by atoms with E-state index >= 15 is 0 Å². The van der Waals surface area contributed by atoms with Gasteiger partial charge < -0.3 is 14.8 Å². The topological polar surface area (TPSA) is 33.7 Å². The quantitative estimate of drug-likeness (QED) is 0.843. The molecule has 0 radical (unpaired) electrons. The zero-order valence-electron chi connectivity index (χ0n) is 12.5. The van der Waals surface area contributed by atoms with Crippen LogP contribution in [0.5, 0.6) is 11.5 Å². The Morgan fingerprint density at radius 2 is 1.86 bits per heavy atom. The second-order valence-corrected chi connectivity index (χ2v) is 7.14. The average Bonchev–Trinajstić information content (AvgIpc) is 2.95. The molecule has 0 bridgehead atoms. The van der Waals surface area contributed by atoms with E-state index in [1.807, 2.05) is 6.07 Å². The molecule has 122 valence electrons. The van der Waals surface area contributed by atoms with Crippen molar-refractivity contribution in [2.75, 3.05) is 39.4 Å². The van der Waals surface area contributed by atoms with Gasteiger partial charge in [0.25, 0.3) is 0 Å². The summed E-state index contributed by atoms with van der Waals surface area (Å²) in [5, 5.41) is 3.53. The number of nitrogens with one attached hydrogen (secondary N) is 1. The van der Waals surface area contributed by atoms with Gasteiger partial charge in [0.2, 0.25) is 0 Å². The van der Waals surface area contributed by atoms with Crippen molar-refractivity contribution in [2.45, 2.75) is 13.0 Å². The maximum absolute atomic E-state index is 5.70. The Kier molecular flexibility index (Phi) is 5.17. The van der Waals surface area contributed by atoms with Crippen molar-refractivity contribution in [2.24, 2.45) is 11.8 Å². The fraction of sp³-hybridized carbons (Fsp3) is 0.625. The molecule has 0 saturated carbocycles. The maximum Gasteiger partial charge on any atom is 0.162 e. The molecular weight excluding hydrogens is 368 g/mol. The van der Waals surface area contributed by atoms with Crippen LogP contribution in [0.2, 0.25) is 0 Å². The molecule has 0 aliphatic carbocycles. The number of hydrogen-bond donors (Lipinski definition) is 1. The molecule has 2 unspecified atom stereocenters. The van der Waals surface area contributed by atoms with Gasteiger partial charge in [-0.05, 0) is 55.6 Å². The number of benzene rings is 1. The third-order valence-corrected chi connectivity index (χ3v) is 5.63. The van der Waals surface area contributed by atoms with Gasteiger partial charge in [0, 0.05) is 17.6 Å². The lowest BCUT2D eigenvalue weighted by Crippen LogP contribution is -2.39. The fourth-order valence-corrected chi connectivity index (χ4v) is 4.17. The van der Waals surface area contributed by atoms with Gasteiger partial charge in [-0.3, -0.25) is 4.90 Å². The highest BCUT2D eigenvalue weighted by atomic mass is 79.9. The van der Waals surface area contributed by atoms with E-state index in [-0.39, 0.29) is 12.4 Å². The largest absolute Gasteiger partial charge is 0.486 e. The summed E-state index contributed by atoms with van der Waals surface area (Å²) in [5.74, 6) is 3.46. The number of hydrogen-bond acceptors (Lipinski definition) is 4. The first-order valence-electron chi connectivity index (χ1n) is 7.80. The standard InChI is InChI=1S/C16H21BrN2O2.ClH/c17-14-6-16-15(20-3-4-21-16)5-12(14)9-19-2-1-11-7-18-8-13(11)10-19;/h5-6,11,13,18H,1-4,7-10H2;1H. The highest BCUT2D eigenvalue weighted by Crippen LogP contribution is 2.36. The Morgan fingerprint density at radius 3 is 2.68 bits per heavy atom. The van der Waals surface area contributed by atoms with Crippen LogP contribution in [0, 0.1) is 11.8 Å². The van der Waals surface area contributed by atoms with Crippen LogP contribution in [0.15, 0.2) is 16.6 Å². The van der Waals surface area contributed by atoms with Gasteiger partial charge in [0.05, 0.1) is 0 Å². The molecule has 3 aliphatic rings. The summed E-state index contributed by atoms with van der Waals surface area (Å²) < 4.78 is 12.5. The van der Waals surface area contributed by atoms with Crippen molar-refractivity contribution in [1.82, 2.24) is 10.2 Å². The minimum absolute atomic E-state index is 0. The smallest absolute Gasteiger partial charge is 0.162 e. The van der Waals surface area contributed by atoms with Crippen LogP contribution in [0.4, 0.5) is 0 Å². The van der Waals surface area contributed by atoms with Crippen LogP contribution in [0.1, 0.15) is 12.0 Å². The fourth-order valence-electron chi connectivity index (χ4n) is 3.72. The molecule has 2 fully saturated rings. The summed E-state index contributed by atoms with van der Waals surface area (Å²) in [7, 11) is 0. The predicted molar refractivity (Wildman–Crippen MR) is 92.1 cm³/mol. The number of ether oxygens (including phenoxy) is 2. The van der Waals surface area contributed by atoms with Gasteiger partial charge in [-0.15, -0.1) is 12.4 Å². The van der Waals surface area contributed by atoms with E-state index < -0.39 is 0 Å². The number of piperidine rings is 1. The maximum atomic E-state index is 5.70. The van der Waals surface area contributed by atoms with E-state index in [4.69, 9.17) is 9.47 Å². The lowest BCUT2D eigenvalue weighted by Gasteiger charge is -2.34. The lowest BCUT2D eigenvalue weighted by molar-refractivity contribution is 0.141. The molecule has 0 amide bonds. The number of fused-ring (bicyclic) bond motifs is 2. The number of nitrogens with zero attached hydrogens (tertiary/aromatic N) is 1. The second-order valence-electron chi connectivity index (χ2n) is 6.29. The molecule has 3 heterocycles. The minimum Gasteiger partial charge on any atom is -0.486 e. The van der Waals surface area contributed by atoms with Gasteiger partial charge >= 0.3 is 0 Å². The Bertz CT molecular complexity index is 543. The van der Waals surface area contributed by atoms with Gasteiger partial charge in [-0.25, -0.2) is 0 Å². The summed E-state index contributed by atoms with van der Waals surface area (Å²) in [6.07, 6.45) is 1.32. The molecule has 0 aromatic heterocycles. The second kappa shape index (κ2) is 6.95. The number of halogens is 2. The Labute approximate surface area is 146 Å². The van der Waals surface area contributed by atoms with Crippen LogP contribution in [0.3, 0.4) is 0 Å². The van der Waals surface area contributed by atoms with E-state index in [1.165, 1.54) is 38.2 Å². The molecule has 6 heteroatoms. The van der Waals surface area contributed by atoms with Crippen LogP contribution in [0.25, 0.3) is 0 Å². The summed E-state index contributed by atoms with van der Waals surface area (Å²) >= 11 is 3.68. The lowest BCUT2D eigenvalue weighted by atomic mass is 9.88. The van der Waals surface area contributed by atoms with E-state index in [1.54, 1.807) is 0 Å². The summed E-state index contributed by atoms with van der Waals surface area (Å²) in [6.45, 7) is 7.08. The van der Waals surface area contributed by atoms with Crippen molar-refractivity contribution < 1.29 is 9.47 Å². The molecule has 0 spiro atoms. The van der Waals surface area contributed by atoms with E-state index in [9.17, 15) is 0 Å². The number of likely N-dealkylation sites (tertiary alicyclic amines) is 1. The van der Waals surface area contributed by atoms with Crippen LogP contribution < -0.4 is 14.8 Å². The normalized spacial score (nSPS) is 27.1. The highest BCUT2D eigenvalue weighted by molar-refractivity contribution is 9.10. The highest BCUT2D eigenvalue weighted by Gasteiger charge is 2.32. The van der Waals surface area contributed by atoms with Crippen molar-refractivity contribution in [3.05, 3.63) is 22.2 Å². The zero-order chi connectivity index (χ0) is 14.2. The van der Waals surface area contributed by atoms with E-state index in [0.717, 1.165) is 34.4 Å². The zero-order valence-corrected chi connectivity index (χ0v) is 14.9. The van der Waals surface area contributed by atoms with Gasteiger partial charge in [0.1, 0.15) is 13.2 Å². The van der Waals surface area contributed by atoms with Gasteiger partial charge in [-0.1, -0.05) is 15.9 Å². The average molecular weight is 390 g/mol. The molecule has 2 saturated heterocycles. The van der Waals surface area contributed by atoms with Crippen molar-refractivity contribution in [3.8, 4) is 11.5 Å². The molecular formula is C16H22BrClN2O2. The Hall–Kier alpha value is -0.490. The van der Waals surface area contributed by atoms with E-state index in [0.29, 0.717) is 13.2 Å². The van der Waals surface area contributed by atoms with Crippen LogP contribution >= 0.6 is 28.3 Å². The first kappa shape index (κ1) is 16.4. The minimum atomic E-state index is 0. The third-order valence-electron chi connectivity index (χ3n) is 4.89. The molecule has 2 atom stereocenters. The van der Waals surface area contributed by atoms with Crippen molar-refractivity contribution in [1.29, 1.82) is 0 Å². The molecule has 1 aromatic carbocycles.